The minimum Gasteiger partial charge on any atom is -0.388 e. The Hall–Kier alpha value is -0.990. The van der Waals surface area contributed by atoms with Crippen LogP contribution in [0.15, 0.2) is 11.8 Å². The number of amides is 1. The summed E-state index contributed by atoms with van der Waals surface area (Å²) in [5, 5.41) is 3.11. The molecular weight excluding hydrogens is 152 g/mol. The lowest BCUT2D eigenvalue weighted by molar-refractivity contribution is -0.113. The molecule has 0 aromatic carbocycles. The standard InChI is InChI=1S/C9H18N2O/c1-3-4-5-6-11-8(2)7-9(10)12/h7,11H,3-6H2,1-2H3,(H2,10,12)/b8-7-. The van der Waals surface area contributed by atoms with Gasteiger partial charge in [-0.15, -0.1) is 0 Å². The first-order valence-corrected chi connectivity index (χ1v) is 4.38. The Morgan fingerprint density at radius 3 is 2.67 bits per heavy atom. The molecule has 0 aromatic heterocycles. The van der Waals surface area contributed by atoms with Crippen LogP contribution in [-0.2, 0) is 4.79 Å². The molecule has 0 aliphatic carbocycles. The van der Waals surface area contributed by atoms with E-state index < -0.39 is 5.91 Å². The number of hydrogen-bond donors (Lipinski definition) is 2. The molecule has 0 aromatic rings. The van der Waals surface area contributed by atoms with Crippen molar-refractivity contribution in [3.8, 4) is 0 Å². The molecule has 3 heteroatoms. The molecule has 0 radical (unpaired) electrons. The zero-order valence-electron chi connectivity index (χ0n) is 7.89. The van der Waals surface area contributed by atoms with Crippen molar-refractivity contribution in [2.24, 2.45) is 5.73 Å². The topological polar surface area (TPSA) is 55.1 Å². The van der Waals surface area contributed by atoms with Crippen LogP contribution < -0.4 is 11.1 Å². The molecule has 3 nitrogen and oxygen atoms in total. The summed E-state index contributed by atoms with van der Waals surface area (Å²) in [5.41, 5.74) is 5.81. The van der Waals surface area contributed by atoms with Gasteiger partial charge in [-0.3, -0.25) is 4.79 Å². The first kappa shape index (κ1) is 11.0. The molecule has 0 aliphatic heterocycles. The Kier molecular flexibility index (Phi) is 6.15. The Labute approximate surface area is 74.0 Å². The van der Waals surface area contributed by atoms with Gasteiger partial charge in [0.2, 0.25) is 5.91 Å². The van der Waals surface area contributed by atoms with Gasteiger partial charge in [0.25, 0.3) is 0 Å². The van der Waals surface area contributed by atoms with Crippen molar-refractivity contribution in [3.63, 3.8) is 0 Å². The molecule has 0 atom stereocenters. The van der Waals surface area contributed by atoms with E-state index in [-0.39, 0.29) is 0 Å². The average Bonchev–Trinajstić information content (AvgIpc) is 1.97. The third-order valence-electron chi connectivity index (χ3n) is 1.54. The normalized spacial score (nSPS) is 11.3. The molecule has 70 valence electrons. The summed E-state index contributed by atoms with van der Waals surface area (Å²) in [6.45, 7) is 4.92. The van der Waals surface area contributed by atoms with E-state index in [9.17, 15) is 4.79 Å². The Morgan fingerprint density at radius 1 is 1.50 bits per heavy atom. The summed E-state index contributed by atoms with van der Waals surface area (Å²) in [7, 11) is 0. The van der Waals surface area contributed by atoms with Gasteiger partial charge in [0.1, 0.15) is 0 Å². The first-order valence-electron chi connectivity index (χ1n) is 4.38. The Balaban J connectivity index is 3.43. The van der Waals surface area contributed by atoms with E-state index in [4.69, 9.17) is 5.73 Å². The predicted molar refractivity (Wildman–Crippen MR) is 50.5 cm³/mol. The number of carbonyl (C=O) groups excluding carboxylic acids is 1. The van der Waals surface area contributed by atoms with Crippen LogP contribution in [0.25, 0.3) is 0 Å². The van der Waals surface area contributed by atoms with Crippen LogP contribution in [0.4, 0.5) is 0 Å². The molecule has 3 N–H and O–H groups in total. The van der Waals surface area contributed by atoms with Crippen LogP contribution in [0, 0.1) is 0 Å². The minimum atomic E-state index is -0.393. The van der Waals surface area contributed by atoms with Crippen molar-refractivity contribution in [1.29, 1.82) is 0 Å². The molecule has 0 aliphatic rings. The van der Waals surface area contributed by atoms with E-state index >= 15 is 0 Å². The molecule has 0 heterocycles. The molecule has 0 unspecified atom stereocenters. The molecule has 0 spiro atoms. The fourth-order valence-electron chi connectivity index (χ4n) is 0.925. The lowest BCUT2D eigenvalue weighted by Gasteiger charge is -2.04. The molecule has 12 heavy (non-hydrogen) atoms. The van der Waals surface area contributed by atoms with Crippen molar-refractivity contribution in [1.82, 2.24) is 5.32 Å². The smallest absolute Gasteiger partial charge is 0.243 e. The molecule has 0 bridgehead atoms. The molecule has 0 rings (SSSR count). The maximum Gasteiger partial charge on any atom is 0.243 e. The highest BCUT2D eigenvalue weighted by atomic mass is 16.1. The number of rotatable bonds is 6. The van der Waals surface area contributed by atoms with Crippen LogP contribution in [0.1, 0.15) is 33.1 Å². The van der Waals surface area contributed by atoms with Gasteiger partial charge in [-0.25, -0.2) is 0 Å². The number of primary amides is 1. The number of unbranched alkanes of at least 4 members (excludes halogenated alkanes) is 2. The highest BCUT2D eigenvalue weighted by molar-refractivity contribution is 5.86. The summed E-state index contributed by atoms with van der Waals surface area (Å²) < 4.78 is 0. The minimum absolute atomic E-state index is 0.393. The van der Waals surface area contributed by atoms with Gasteiger partial charge in [-0.1, -0.05) is 19.8 Å². The highest BCUT2D eigenvalue weighted by Gasteiger charge is 1.90. The summed E-state index contributed by atoms with van der Waals surface area (Å²) in [6, 6.07) is 0. The van der Waals surface area contributed by atoms with Crippen LogP contribution in [0.3, 0.4) is 0 Å². The van der Waals surface area contributed by atoms with Gasteiger partial charge in [0, 0.05) is 18.3 Å². The van der Waals surface area contributed by atoms with Gasteiger partial charge < -0.3 is 11.1 Å². The van der Waals surface area contributed by atoms with Gasteiger partial charge >= 0.3 is 0 Å². The number of hydrogen-bond acceptors (Lipinski definition) is 2. The van der Waals surface area contributed by atoms with E-state index in [0.29, 0.717) is 0 Å². The molecule has 0 fully saturated rings. The summed E-state index contributed by atoms with van der Waals surface area (Å²) >= 11 is 0. The second-order valence-corrected chi connectivity index (χ2v) is 2.86. The summed E-state index contributed by atoms with van der Waals surface area (Å²) in [4.78, 5) is 10.4. The predicted octanol–water partition coefficient (Wildman–Crippen LogP) is 1.16. The Morgan fingerprint density at radius 2 is 2.17 bits per heavy atom. The van der Waals surface area contributed by atoms with Crippen LogP contribution in [0.2, 0.25) is 0 Å². The average molecular weight is 170 g/mol. The fourth-order valence-corrected chi connectivity index (χ4v) is 0.925. The molecule has 0 saturated carbocycles. The second-order valence-electron chi connectivity index (χ2n) is 2.86. The van der Waals surface area contributed by atoms with Crippen LogP contribution in [0.5, 0.6) is 0 Å². The number of nitrogens with two attached hydrogens (primary N) is 1. The zero-order chi connectivity index (χ0) is 9.40. The number of carbonyl (C=O) groups is 1. The zero-order valence-corrected chi connectivity index (χ0v) is 7.89. The number of nitrogens with one attached hydrogen (secondary N) is 1. The maximum atomic E-state index is 10.4. The van der Waals surface area contributed by atoms with E-state index in [1.54, 1.807) is 0 Å². The molecule has 0 saturated heterocycles. The fraction of sp³-hybridized carbons (Fsp3) is 0.667. The first-order chi connectivity index (χ1) is 5.66. The van der Waals surface area contributed by atoms with Crippen LogP contribution >= 0.6 is 0 Å². The van der Waals surface area contributed by atoms with Gasteiger partial charge in [0.15, 0.2) is 0 Å². The highest BCUT2D eigenvalue weighted by Crippen LogP contribution is 1.93. The SMILES string of the molecule is CCCCCN/C(C)=C\C(N)=O. The van der Waals surface area contributed by atoms with Crippen LogP contribution in [-0.4, -0.2) is 12.5 Å². The monoisotopic (exact) mass is 170 g/mol. The van der Waals surface area contributed by atoms with Crippen molar-refractivity contribution in [3.05, 3.63) is 11.8 Å². The van der Waals surface area contributed by atoms with Crippen molar-refractivity contribution < 1.29 is 4.79 Å². The summed E-state index contributed by atoms with van der Waals surface area (Å²) in [5.74, 6) is -0.393. The quantitative estimate of drug-likeness (QED) is 0.464. The molecule has 1 amide bonds. The second kappa shape index (κ2) is 6.70. The van der Waals surface area contributed by atoms with Crippen molar-refractivity contribution in [2.75, 3.05) is 6.54 Å². The van der Waals surface area contributed by atoms with Crippen molar-refractivity contribution >= 4 is 5.91 Å². The van der Waals surface area contributed by atoms with E-state index in [2.05, 4.69) is 12.2 Å². The van der Waals surface area contributed by atoms with Gasteiger partial charge in [0.05, 0.1) is 0 Å². The van der Waals surface area contributed by atoms with Gasteiger partial charge in [-0.2, -0.15) is 0 Å². The molecular formula is C9H18N2O. The summed E-state index contributed by atoms with van der Waals surface area (Å²) in [6.07, 6.45) is 4.98. The lowest BCUT2D eigenvalue weighted by atomic mass is 10.2. The number of allylic oxidation sites excluding steroid dienone is 1. The maximum absolute atomic E-state index is 10.4. The third kappa shape index (κ3) is 7.12. The van der Waals surface area contributed by atoms with E-state index in [1.807, 2.05) is 6.92 Å². The van der Waals surface area contributed by atoms with Crippen molar-refractivity contribution in [2.45, 2.75) is 33.1 Å². The van der Waals surface area contributed by atoms with E-state index in [0.717, 1.165) is 18.7 Å². The third-order valence-corrected chi connectivity index (χ3v) is 1.54. The Bertz CT molecular complexity index is 164. The van der Waals surface area contributed by atoms with E-state index in [1.165, 1.54) is 18.9 Å². The van der Waals surface area contributed by atoms with Gasteiger partial charge in [-0.05, 0) is 13.3 Å². The largest absolute Gasteiger partial charge is 0.388 e. The lowest BCUT2D eigenvalue weighted by Crippen LogP contribution is -2.16.